The third-order valence-corrected chi connectivity index (χ3v) is 4.82. The second kappa shape index (κ2) is 8.66. The number of anilines is 1. The normalized spacial score (nSPS) is 11.5. The van der Waals surface area contributed by atoms with Gasteiger partial charge >= 0.3 is 0 Å². The third-order valence-electron chi connectivity index (χ3n) is 4.82. The molecule has 0 aliphatic carbocycles. The molecule has 0 spiro atoms. The van der Waals surface area contributed by atoms with Gasteiger partial charge in [-0.15, -0.1) is 0 Å². The van der Waals surface area contributed by atoms with Crippen LogP contribution >= 0.6 is 0 Å². The molecule has 0 aliphatic rings. The van der Waals surface area contributed by atoms with Crippen LogP contribution in [0.4, 0.5) is 11.4 Å². The summed E-state index contributed by atoms with van der Waals surface area (Å²) in [5.41, 5.74) is 3.91. The van der Waals surface area contributed by atoms with Crippen molar-refractivity contribution in [3.63, 3.8) is 0 Å². The summed E-state index contributed by atoms with van der Waals surface area (Å²) < 4.78 is 11.2. The van der Waals surface area contributed by atoms with E-state index >= 15 is 0 Å². The van der Waals surface area contributed by atoms with Crippen molar-refractivity contribution in [3.8, 4) is 5.75 Å². The summed E-state index contributed by atoms with van der Waals surface area (Å²) in [6.45, 7) is 2.10. The fourth-order valence-corrected chi connectivity index (χ4v) is 3.11. The van der Waals surface area contributed by atoms with Crippen molar-refractivity contribution < 1.29 is 13.9 Å². The Labute approximate surface area is 174 Å². The molecule has 5 nitrogen and oxygen atoms in total. The quantitative estimate of drug-likeness (QED) is 0.484. The number of benzene rings is 3. The van der Waals surface area contributed by atoms with Crippen LogP contribution in [-0.2, 0) is 6.42 Å². The van der Waals surface area contributed by atoms with E-state index in [0.29, 0.717) is 16.8 Å². The van der Waals surface area contributed by atoms with E-state index in [4.69, 9.17) is 9.15 Å². The lowest BCUT2D eigenvalue weighted by Crippen LogP contribution is -2.21. The zero-order chi connectivity index (χ0) is 20.9. The second-order valence-electron chi connectivity index (χ2n) is 6.82. The first-order valence-corrected chi connectivity index (χ1v) is 9.78. The highest BCUT2D eigenvalue weighted by Crippen LogP contribution is 2.18. The van der Waals surface area contributed by atoms with Crippen molar-refractivity contribution in [2.24, 2.45) is 4.99 Å². The van der Waals surface area contributed by atoms with Crippen molar-refractivity contribution in [2.45, 2.75) is 13.3 Å². The maximum Gasteiger partial charge on any atom is 0.261 e. The molecule has 4 rings (SSSR count). The Morgan fingerprint density at radius 1 is 1.00 bits per heavy atom. The number of fused-ring (bicyclic) bond motifs is 1. The van der Waals surface area contributed by atoms with Gasteiger partial charge in [0, 0.05) is 11.1 Å². The highest BCUT2D eigenvalue weighted by molar-refractivity contribution is 6.05. The molecule has 0 unspecified atom stereocenters. The molecule has 150 valence electrons. The Kier molecular flexibility index (Phi) is 5.61. The minimum Gasteiger partial charge on any atom is -0.497 e. The third kappa shape index (κ3) is 4.25. The minimum atomic E-state index is -0.293. The predicted octanol–water partition coefficient (Wildman–Crippen LogP) is 5.49. The van der Waals surface area contributed by atoms with E-state index in [1.54, 1.807) is 37.4 Å². The molecule has 0 radical (unpaired) electrons. The van der Waals surface area contributed by atoms with E-state index in [2.05, 4.69) is 17.2 Å². The topological polar surface area (TPSA) is 63.8 Å². The summed E-state index contributed by atoms with van der Waals surface area (Å²) in [4.78, 5) is 17.7. The molecular weight excluding hydrogens is 376 g/mol. The summed E-state index contributed by atoms with van der Waals surface area (Å²) in [5, 5.41) is 3.74. The van der Waals surface area contributed by atoms with Gasteiger partial charge in [0.2, 0.25) is 5.55 Å². The Balaban J connectivity index is 1.76. The zero-order valence-corrected chi connectivity index (χ0v) is 16.9. The molecule has 4 aromatic rings. The first kappa shape index (κ1) is 19.5. The van der Waals surface area contributed by atoms with Crippen molar-refractivity contribution in [3.05, 3.63) is 95.5 Å². The summed E-state index contributed by atoms with van der Waals surface area (Å²) in [7, 11) is 1.60. The monoisotopic (exact) mass is 398 g/mol. The van der Waals surface area contributed by atoms with Gasteiger partial charge in [-0.25, -0.2) is 4.99 Å². The van der Waals surface area contributed by atoms with E-state index < -0.39 is 0 Å². The summed E-state index contributed by atoms with van der Waals surface area (Å²) in [6, 6.07) is 24.4. The smallest absolute Gasteiger partial charge is 0.261 e. The van der Waals surface area contributed by atoms with E-state index in [1.165, 1.54) is 5.56 Å². The molecule has 0 saturated carbocycles. The molecule has 1 aromatic heterocycles. The van der Waals surface area contributed by atoms with Crippen LogP contribution in [0.5, 0.6) is 5.75 Å². The fraction of sp³-hybridized carbons (Fsp3) is 0.120. The number of carbonyl (C=O) groups excluding carboxylic acids is 1. The number of aryl methyl sites for hydroxylation is 1. The van der Waals surface area contributed by atoms with Crippen LogP contribution < -0.4 is 15.6 Å². The Morgan fingerprint density at radius 3 is 2.43 bits per heavy atom. The summed E-state index contributed by atoms with van der Waals surface area (Å²) in [6.07, 6.45) is 0.955. The highest BCUT2D eigenvalue weighted by Gasteiger charge is 2.13. The van der Waals surface area contributed by atoms with E-state index in [9.17, 15) is 4.79 Å². The second-order valence-corrected chi connectivity index (χ2v) is 6.82. The number of amides is 1. The standard InChI is InChI=1S/C25H22N2O3/c1-3-17-8-10-20(11-9-17)27-25-22(16-18-6-4-5-7-23(18)30-25)24(28)26-19-12-14-21(29-2)15-13-19/h4-16H,3H2,1-2H3,(H,26,28). The van der Waals surface area contributed by atoms with Crippen LogP contribution in [0.15, 0.2) is 88.3 Å². The predicted molar refractivity (Wildman–Crippen MR) is 118 cm³/mol. The van der Waals surface area contributed by atoms with Crippen LogP contribution in [0.2, 0.25) is 0 Å². The van der Waals surface area contributed by atoms with Gasteiger partial charge in [0.15, 0.2) is 0 Å². The Hall–Kier alpha value is -3.86. The number of carbonyl (C=O) groups is 1. The molecule has 0 bridgehead atoms. The van der Waals surface area contributed by atoms with Gasteiger partial charge in [0.05, 0.1) is 12.8 Å². The van der Waals surface area contributed by atoms with Crippen LogP contribution in [0, 0.1) is 0 Å². The maximum atomic E-state index is 13.1. The molecule has 1 N–H and O–H groups in total. The minimum absolute atomic E-state index is 0.268. The lowest BCUT2D eigenvalue weighted by molar-refractivity contribution is 0.102. The van der Waals surface area contributed by atoms with Gasteiger partial charge in [-0.2, -0.15) is 0 Å². The molecule has 0 fully saturated rings. The van der Waals surface area contributed by atoms with Crippen LogP contribution in [0.25, 0.3) is 11.0 Å². The van der Waals surface area contributed by atoms with Gasteiger partial charge in [-0.3, -0.25) is 4.79 Å². The Morgan fingerprint density at radius 2 is 1.73 bits per heavy atom. The molecule has 5 heteroatoms. The zero-order valence-electron chi connectivity index (χ0n) is 16.9. The van der Waals surface area contributed by atoms with Gasteiger partial charge < -0.3 is 14.5 Å². The number of nitrogens with one attached hydrogen (secondary N) is 1. The van der Waals surface area contributed by atoms with Crippen molar-refractivity contribution in [1.29, 1.82) is 0 Å². The van der Waals surface area contributed by atoms with Gasteiger partial charge in [-0.1, -0.05) is 37.3 Å². The number of hydrogen-bond donors (Lipinski definition) is 1. The largest absolute Gasteiger partial charge is 0.497 e. The number of hydrogen-bond acceptors (Lipinski definition) is 4. The Bertz CT molecular complexity index is 1240. The molecular formula is C25H22N2O3. The summed E-state index contributed by atoms with van der Waals surface area (Å²) >= 11 is 0. The number of ether oxygens (including phenoxy) is 1. The van der Waals surface area contributed by atoms with Gasteiger partial charge in [0.1, 0.15) is 16.9 Å². The van der Waals surface area contributed by atoms with Gasteiger partial charge in [0.25, 0.3) is 5.91 Å². The van der Waals surface area contributed by atoms with E-state index in [0.717, 1.165) is 23.2 Å². The van der Waals surface area contributed by atoms with Crippen molar-refractivity contribution >= 4 is 28.3 Å². The van der Waals surface area contributed by atoms with Gasteiger partial charge in [-0.05, 0) is 60.5 Å². The first-order chi connectivity index (χ1) is 14.7. The lowest BCUT2D eigenvalue weighted by Gasteiger charge is -2.08. The summed E-state index contributed by atoms with van der Waals surface area (Å²) in [5.74, 6) is 0.429. The average molecular weight is 398 g/mol. The molecule has 0 aliphatic heterocycles. The number of rotatable bonds is 5. The fourth-order valence-electron chi connectivity index (χ4n) is 3.11. The highest BCUT2D eigenvalue weighted by atomic mass is 16.5. The van der Waals surface area contributed by atoms with E-state index in [1.807, 2.05) is 48.5 Å². The van der Waals surface area contributed by atoms with Crippen molar-refractivity contribution in [1.82, 2.24) is 0 Å². The molecule has 30 heavy (non-hydrogen) atoms. The first-order valence-electron chi connectivity index (χ1n) is 9.78. The number of nitrogens with zero attached hydrogens (tertiary/aromatic N) is 1. The molecule has 1 amide bonds. The van der Waals surface area contributed by atoms with Crippen LogP contribution in [-0.4, -0.2) is 13.0 Å². The molecule has 3 aromatic carbocycles. The average Bonchev–Trinajstić information content (AvgIpc) is 2.79. The van der Waals surface area contributed by atoms with Crippen LogP contribution in [0.3, 0.4) is 0 Å². The lowest BCUT2D eigenvalue weighted by atomic mass is 10.1. The molecule has 0 saturated heterocycles. The number of para-hydroxylation sites is 1. The number of methoxy groups -OCH3 is 1. The molecule has 1 heterocycles. The maximum absolute atomic E-state index is 13.1. The van der Waals surface area contributed by atoms with Crippen LogP contribution in [0.1, 0.15) is 22.8 Å². The SMILES string of the molecule is CCc1ccc(N=c2oc3ccccc3cc2C(=O)Nc2ccc(OC)cc2)cc1. The molecule has 0 atom stereocenters. The van der Waals surface area contributed by atoms with Crippen molar-refractivity contribution in [2.75, 3.05) is 12.4 Å². The van der Waals surface area contributed by atoms with E-state index in [-0.39, 0.29) is 11.5 Å².